The zero-order valence-corrected chi connectivity index (χ0v) is 23.7. The number of hydrogen-bond donors (Lipinski definition) is 0. The maximum Gasteiger partial charge on any atom is 0.260 e. The van der Waals surface area contributed by atoms with Crippen LogP contribution in [0, 0.1) is 11.6 Å². The Bertz CT molecular complexity index is 1560. The van der Waals surface area contributed by atoms with Crippen LogP contribution in [-0.2, 0) is 5.54 Å². The molecular formula is C34H33F2N3O2. The van der Waals surface area contributed by atoms with E-state index < -0.39 is 23.1 Å². The van der Waals surface area contributed by atoms with E-state index in [1.807, 2.05) is 48.5 Å². The summed E-state index contributed by atoms with van der Waals surface area (Å²) in [5.41, 5.74) is 2.55. The Morgan fingerprint density at radius 3 is 1.71 bits per heavy atom. The number of para-hydroxylation sites is 1. The summed E-state index contributed by atoms with van der Waals surface area (Å²) in [5.74, 6) is -0.988. The average Bonchev–Trinajstić information content (AvgIpc) is 3.23. The molecule has 0 aliphatic carbocycles. The Morgan fingerprint density at radius 1 is 0.683 bits per heavy atom. The lowest BCUT2D eigenvalue weighted by molar-refractivity contribution is 0.0983. The minimum atomic E-state index is -1.36. The van der Waals surface area contributed by atoms with Crippen LogP contribution in [-0.4, -0.2) is 32.1 Å². The van der Waals surface area contributed by atoms with Crippen molar-refractivity contribution >= 4 is 23.0 Å². The summed E-state index contributed by atoms with van der Waals surface area (Å²) < 4.78 is 37.9. The molecule has 0 unspecified atom stereocenters. The highest BCUT2D eigenvalue weighted by molar-refractivity contribution is 6.14. The first-order valence-corrected chi connectivity index (χ1v) is 14.2. The van der Waals surface area contributed by atoms with Crippen molar-refractivity contribution in [3.05, 3.63) is 113 Å². The van der Waals surface area contributed by atoms with E-state index in [-0.39, 0.29) is 5.69 Å². The van der Waals surface area contributed by atoms with Gasteiger partial charge in [0.15, 0.2) is 0 Å². The third kappa shape index (κ3) is 3.82. The number of rotatable bonds is 7. The zero-order chi connectivity index (χ0) is 28.9. The van der Waals surface area contributed by atoms with Crippen molar-refractivity contribution in [2.45, 2.75) is 33.2 Å². The van der Waals surface area contributed by atoms with Crippen LogP contribution in [0.5, 0.6) is 11.5 Å². The van der Waals surface area contributed by atoms with Crippen LogP contribution in [0.2, 0.25) is 0 Å². The van der Waals surface area contributed by atoms with Crippen molar-refractivity contribution in [1.29, 1.82) is 0 Å². The molecule has 5 nitrogen and oxygen atoms in total. The molecule has 0 saturated heterocycles. The van der Waals surface area contributed by atoms with Gasteiger partial charge in [-0.2, -0.15) is 0 Å². The fourth-order valence-corrected chi connectivity index (χ4v) is 6.50. The van der Waals surface area contributed by atoms with Gasteiger partial charge in [0.1, 0.15) is 34.4 Å². The fourth-order valence-electron chi connectivity index (χ4n) is 6.50. The second-order valence-electron chi connectivity index (χ2n) is 10.3. The van der Waals surface area contributed by atoms with Crippen LogP contribution in [0.4, 0.5) is 25.8 Å². The number of hydrogen-bond acceptors (Lipinski definition) is 4. The Labute approximate surface area is 239 Å². The van der Waals surface area contributed by atoms with E-state index in [1.165, 1.54) is 23.1 Å². The van der Waals surface area contributed by atoms with Crippen LogP contribution in [0.3, 0.4) is 0 Å². The molecule has 1 spiro atoms. The van der Waals surface area contributed by atoms with E-state index in [0.29, 0.717) is 33.8 Å². The molecule has 7 heteroatoms. The monoisotopic (exact) mass is 553 g/mol. The van der Waals surface area contributed by atoms with Crippen molar-refractivity contribution in [1.82, 2.24) is 0 Å². The highest BCUT2D eigenvalue weighted by atomic mass is 19.1. The molecule has 0 radical (unpaired) electrons. The number of anilines is 3. The number of nitrogens with zero attached hydrogens (tertiary/aromatic N) is 3. The Kier molecular flexibility index (Phi) is 6.68. The number of benzene rings is 4. The van der Waals surface area contributed by atoms with Gasteiger partial charge in [-0.25, -0.2) is 8.78 Å². The van der Waals surface area contributed by atoms with E-state index in [0.717, 1.165) is 37.6 Å². The van der Waals surface area contributed by atoms with Gasteiger partial charge in [-0.1, -0.05) is 36.4 Å². The lowest BCUT2D eigenvalue weighted by Gasteiger charge is -2.44. The number of ether oxygens (including phenoxy) is 1. The lowest BCUT2D eigenvalue weighted by atomic mass is 9.74. The van der Waals surface area contributed by atoms with Gasteiger partial charge in [-0.15, -0.1) is 0 Å². The third-order valence-electron chi connectivity index (χ3n) is 8.43. The van der Waals surface area contributed by atoms with Crippen LogP contribution >= 0.6 is 0 Å². The van der Waals surface area contributed by atoms with E-state index in [1.54, 1.807) is 12.1 Å². The molecule has 2 aliphatic heterocycles. The Balaban J connectivity index is 1.73. The van der Waals surface area contributed by atoms with Gasteiger partial charge in [0.25, 0.3) is 5.91 Å². The Hall–Kier alpha value is -4.39. The van der Waals surface area contributed by atoms with Crippen LogP contribution in [0.15, 0.2) is 78.9 Å². The molecule has 4 aromatic carbocycles. The molecule has 6 rings (SSSR count). The van der Waals surface area contributed by atoms with Gasteiger partial charge in [0.05, 0.1) is 0 Å². The van der Waals surface area contributed by atoms with Crippen molar-refractivity contribution in [2.24, 2.45) is 0 Å². The SMILES string of the molecule is CCN(CC)c1ccc2c(c1)Oc1cc(N(CC)CC)ccc1C21c2ccccc2C(=O)N1c1c(F)cccc1F. The Morgan fingerprint density at radius 2 is 1.20 bits per heavy atom. The van der Waals surface area contributed by atoms with Crippen molar-refractivity contribution < 1.29 is 18.3 Å². The molecule has 0 fully saturated rings. The second kappa shape index (κ2) is 10.2. The molecule has 0 atom stereocenters. The summed E-state index contributed by atoms with van der Waals surface area (Å²) in [7, 11) is 0. The normalized spacial score (nSPS) is 14.4. The average molecular weight is 554 g/mol. The first kappa shape index (κ1) is 26.8. The summed E-state index contributed by atoms with van der Waals surface area (Å²) in [4.78, 5) is 20.0. The standard InChI is InChI=1S/C34H33F2N3O2/c1-5-37(6-2)22-16-18-26-30(20-22)41-31-21-23(38(7-3)8-4)17-19-27(31)34(26)25-13-10-9-12-24(25)33(40)39(34)32-28(35)14-11-15-29(32)36/h9-21H,5-8H2,1-4H3. The zero-order valence-electron chi connectivity index (χ0n) is 23.7. The maximum atomic E-state index is 15.6. The summed E-state index contributed by atoms with van der Waals surface area (Å²) >= 11 is 0. The number of carbonyl (C=O) groups excluding carboxylic acids is 1. The van der Waals surface area contributed by atoms with Crippen LogP contribution < -0.4 is 19.4 Å². The minimum absolute atomic E-state index is 0.381. The minimum Gasteiger partial charge on any atom is -0.456 e. The first-order valence-electron chi connectivity index (χ1n) is 14.2. The predicted molar refractivity (Wildman–Crippen MR) is 160 cm³/mol. The smallest absolute Gasteiger partial charge is 0.260 e. The molecule has 0 aromatic heterocycles. The quantitative estimate of drug-likeness (QED) is 0.235. The lowest BCUT2D eigenvalue weighted by Crippen LogP contribution is -2.48. The van der Waals surface area contributed by atoms with Gasteiger partial charge in [-0.05, 0) is 58.0 Å². The summed E-state index contributed by atoms with van der Waals surface area (Å²) in [5, 5.41) is 0. The van der Waals surface area contributed by atoms with Crippen LogP contribution in [0.25, 0.3) is 0 Å². The number of fused-ring (bicyclic) bond motifs is 6. The number of halogens is 2. The summed E-state index contributed by atoms with van der Waals surface area (Å²) in [6.07, 6.45) is 0. The fraction of sp³-hybridized carbons (Fsp3) is 0.265. The van der Waals surface area contributed by atoms with Crippen molar-refractivity contribution in [3.8, 4) is 11.5 Å². The molecule has 2 heterocycles. The van der Waals surface area contributed by atoms with Gasteiger partial charge in [0.2, 0.25) is 0 Å². The molecule has 210 valence electrons. The highest BCUT2D eigenvalue weighted by Crippen LogP contribution is 2.59. The maximum absolute atomic E-state index is 15.6. The van der Waals surface area contributed by atoms with Gasteiger partial charge in [0, 0.05) is 71.9 Å². The highest BCUT2D eigenvalue weighted by Gasteiger charge is 2.58. The molecule has 0 bridgehead atoms. The van der Waals surface area contributed by atoms with E-state index >= 15 is 8.78 Å². The van der Waals surface area contributed by atoms with Gasteiger partial charge >= 0.3 is 0 Å². The second-order valence-corrected chi connectivity index (χ2v) is 10.3. The molecule has 2 aliphatic rings. The van der Waals surface area contributed by atoms with E-state index in [4.69, 9.17) is 4.74 Å². The summed E-state index contributed by atoms with van der Waals surface area (Å²) in [6.45, 7) is 11.6. The third-order valence-corrected chi connectivity index (χ3v) is 8.43. The van der Waals surface area contributed by atoms with E-state index in [9.17, 15) is 4.79 Å². The molecular weight excluding hydrogens is 520 g/mol. The molecule has 0 N–H and O–H groups in total. The molecule has 1 amide bonds. The van der Waals surface area contributed by atoms with E-state index in [2.05, 4.69) is 37.5 Å². The molecule has 0 saturated carbocycles. The first-order chi connectivity index (χ1) is 19.9. The van der Waals surface area contributed by atoms with Crippen molar-refractivity contribution in [2.75, 3.05) is 40.9 Å². The molecule has 41 heavy (non-hydrogen) atoms. The van der Waals surface area contributed by atoms with Gasteiger partial charge in [-0.3, -0.25) is 9.69 Å². The van der Waals surface area contributed by atoms with Gasteiger partial charge < -0.3 is 14.5 Å². The van der Waals surface area contributed by atoms with Crippen LogP contribution in [0.1, 0.15) is 54.7 Å². The summed E-state index contributed by atoms with van der Waals surface area (Å²) in [6, 6.07) is 22.7. The molecule has 4 aromatic rings. The predicted octanol–water partition coefficient (Wildman–Crippen LogP) is 7.72. The number of carbonyl (C=O) groups is 1. The topological polar surface area (TPSA) is 36.0 Å². The van der Waals surface area contributed by atoms with Crippen molar-refractivity contribution in [3.63, 3.8) is 0 Å². The largest absolute Gasteiger partial charge is 0.456 e. The number of amides is 1.